The van der Waals surface area contributed by atoms with Crippen molar-refractivity contribution >= 4 is 23.0 Å². The molecule has 1 aliphatic rings. The molecule has 5 rings (SSSR count). The van der Waals surface area contributed by atoms with E-state index in [1.807, 2.05) is 48.5 Å². The summed E-state index contributed by atoms with van der Waals surface area (Å²) in [6.45, 7) is 4.61. The summed E-state index contributed by atoms with van der Waals surface area (Å²) in [5.41, 5.74) is 7.74. The molecule has 1 aromatic heterocycles. The molecule has 0 fully saturated rings. The molecule has 170 valence electrons. The Hall–Kier alpha value is -4.19. The number of benzene rings is 3. The molecule has 34 heavy (non-hydrogen) atoms. The summed E-state index contributed by atoms with van der Waals surface area (Å²) in [5.74, 6) is 1.57. The van der Waals surface area contributed by atoms with Crippen LogP contribution in [0.4, 0.5) is 0 Å². The first kappa shape index (κ1) is 21.6. The van der Waals surface area contributed by atoms with Gasteiger partial charge in [0.2, 0.25) is 6.79 Å². The molecular formula is C28H25N3O3. The van der Waals surface area contributed by atoms with Crippen LogP contribution in [0.25, 0.3) is 22.2 Å². The first-order chi connectivity index (χ1) is 16.6. The van der Waals surface area contributed by atoms with E-state index in [0.717, 1.165) is 34.1 Å². The van der Waals surface area contributed by atoms with Crippen molar-refractivity contribution in [3.8, 4) is 22.8 Å². The topological polar surface area (TPSA) is 72.8 Å². The maximum atomic E-state index is 13.1. The van der Waals surface area contributed by atoms with Gasteiger partial charge in [-0.05, 0) is 53.8 Å². The number of pyridine rings is 1. The van der Waals surface area contributed by atoms with Crippen molar-refractivity contribution in [2.45, 2.75) is 26.2 Å². The van der Waals surface area contributed by atoms with Crippen molar-refractivity contribution in [1.82, 2.24) is 10.4 Å². The summed E-state index contributed by atoms with van der Waals surface area (Å²) in [4.78, 5) is 17.9. The lowest BCUT2D eigenvalue weighted by atomic mass is 9.96. The second-order valence-electron chi connectivity index (χ2n) is 8.32. The number of fused-ring (bicyclic) bond motifs is 2. The highest BCUT2D eigenvalue weighted by Gasteiger charge is 2.15. The van der Waals surface area contributed by atoms with Crippen molar-refractivity contribution in [3.05, 3.63) is 89.5 Å². The molecule has 0 unspecified atom stereocenters. The van der Waals surface area contributed by atoms with E-state index in [-0.39, 0.29) is 12.7 Å². The van der Waals surface area contributed by atoms with Crippen molar-refractivity contribution in [1.29, 1.82) is 0 Å². The van der Waals surface area contributed by atoms with Gasteiger partial charge in [0.25, 0.3) is 5.91 Å². The number of rotatable bonds is 6. The number of aromatic nitrogens is 1. The number of nitrogens with zero attached hydrogens (tertiary/aromatic N) is 2. The van der Waals surface area contributed by atoms with Gasteiger partial charge in [0, 0.05) is 10.9 Å². The molecule has 0 radical (unpaired) electrons. The number of hydrogen-bond acceptors (Lipinski definition) is 5. The Morgan fingerprint density at radius 3 is 2.68 bits per heavy atom. The fraction of sp³-hybridized carbons (Fsp3) is 0.179. The fourth-order valence-electron chi connectivity index (χ4n) is 3.95. The van der Waals surface area contributed by atoms with Crippen LogP contribution >= 0.6 is 0 Å². The van der Waals surface area contributed by atoms with Gasteiger partial charge < -0.3 is 9.47 Å². The van der Waals surface area contributed by atoms with Crippen LogP contribution in [-0.2, 0) is 0 Å². The predicted molar refractivity (Wildman–Crippen MR) is 134 cm³/mol. The molecule has 3 aromatic carbocycles. The number of carbonyl (C=O) groups is 1. The van der Waals surface area contributed by atoms with Crippen molar-refractivity contribution in [2.75, 3.05) is 6.79 Å². The molecule has 0 saturated carbocycles. The third kappa shape index (κ3) is 4.35. The third-order valence-electron chi connectivity index (χ3n) is 6.13. The van der Waals surface area contributed by atoms with E-state index >= 15 is 0 Å². The Balaban J connectivity index is 1.42. The van der Waals surface area contributed by atoms with E-state index in [1.54, 1.807) is 6.21 Å². The zero-order valence-electron chi connectivity index (χ0n) is 19.1. The second kappa shape index (κ2) is 9.35. The van der Waals surface area contributed by atoms with E-state index < -0.39 is 0 Å². The van der Waals surface area contributed by atoms with E-state index in [9.17, 15) is 4.79 Å². The first-order valence-corrected chi connectivity index (χ1v) is 11.4. The van der Waals surface area contributed by atoms with Gasteiger partial charge in [-0.2, -0.15) is 5.10 Å². The van der Waals surface area contributed by atoms with Crippen LogP contribution in [0.3, 0.4) is 0 Å². The molecule has 1 aliphatic heterocycles. The van der Waals surface area contributed by atoms with Crippen LogP contribution in [0.1, 0.15) is 47.7 Å². The van der Waals surface area contributed by atoms with E-state index in [2.05, 4.69) is 48.6 Å². The van der Waals surface area contributed by atoms with Crippen LogP contribution in [-0.4, -0.2) is 23.9 Å². The van der Waals surface area contributed by atoms with Gasteiger partial charge in [0.15, 0.2) is 11.5 Å². The normalized spacial score (nSPS) is 13.4. The second-order valence-corrected chi connectivity index (χ2v) is 8.32. The summed E-state index contributed by atoms with van der Waals surface area (Å²) in [6, 6.07) is 23.4. The number of nitrogens with one attached hydrogen (secondary N) is 1. The Morgan fingerprint density at radius 2 is 1.85 bits per heavy atom. The Kier molecular flexibility index (Phi) is 5.95. The zero-order valence-corrected chi connectivity index (χ0v) is 19.1. The molecule has 0 bridgehead atoms. The number of ether oxygens (including phenoxy) is 2. The zero-order chi connectivity index (χ0) is 23.5. The maximum Gasteiger partial charge on any atom is 0.272 e. The predicted octanol–water partition coefficient (Wildman–Crippen LogP) is 5.91. The van der Waals surface area contributed by atoms with Crippen molar-refractivity contribution in [3.63, 3.8) is 0 Å². The molecule has 0 spiro atoms. The van der Waals surface area contributed by atoms with Gasteiger partial charge in [-0.25, -0.2) is 10.4 Å². The molecule has 1 N–H and O–H groups in total. The molecule has 6 nitrogen and oxygen atoms in total. The smallest absolute Gasteiger partial charge is 0.272 e. The van der Waals surface area contributed by atoms with Gasteiger partial charge in [-0.3, -0.25) is 4.79 Å². The quantitative estimate of drug-likeness (QED) is 0.292. The lowest BCUT2D eigenvalue weighted by molar-refractivity contribution is 0.0956. The molecular weight excluding hydrogens is 426 g/mol. The summed E-state index contributed by atoms with van der Waals surface area (Å²) in [5, 5.41) is 4.93. The molecule has 1 amide bonds. The standard InChI is InChI=1S/C28H25N3O3/c1-3-18(2)20-9-11-21(12-10-20)25-15-23(22-6-4-5-7-24(22)30-25)28(32)31-29-16-19-8-13-26-27(14-19)34-17-33-26/h4-16,18H,3,17H2,1-2H3,(H,31,32)/t18-/m0/s1. The highest BCUT2D eigenvalue weighted by atomic mass is 16.7. The number of hydrazone groups is 1. The highest BCUT2D eigenvalue weighted by Crippen LogP contribution is 2.32. The maximum absolute atomic E-state index is 13.1. The summed E-state index contributed by atoms with van der Waals surface area (Å²) >= 11 is 0. The average Bonchev–Trinajstić information content (AvgIpc) is 3.35. The molecule has 2 heterocycles. The minimum Gasteiger partial charge on any atom is -0.454 e. The number of para-hydroxylation sites is 1. The molecule has 0 saturated heterocycles. The molecule has 4 aromatic rings. The SMILES string of the molecule is CC[C@H](C)c1ccc(-c2cc(C(=O)NN=Cc3ccc4c(c3)OCO4)c3ccccc3n2)cc1. The van der Waals surface area contributed by atoms with Crippen LogP contribution < -0.4 is 14.9 Å². The lowest BCUT2D eigenvalue weighted by Crippen LogP contribution is -2.18. The Labute approximate surface area is 198 Å². The number of carbonyl (C=O) groups excluding carboxylic acids is 1. The summed E-state index contributed by atoms with van der Waals surface area (Å²) in [6.07, 6.45) is 2.67. The summed E-state index contributed by atoms with van der Waals surface area (Å²) < 4.78 is 10.7. The fourth-order valence-corrected chi connectivity index (χ4v) is 3.95. The van der Waals surface area contributed by atoms with Crippen LogP contribution in [0.2, 0.25) is 0 Å². The van der Waals surface area contributed by atoms with Crippen molar-refractivity contribution in [2.24, 2.45) is 5.10 Å². The van der Waals surface area contributed by atoms with Crippen LogP contribution in [0.15, 0.2) is 77.9 Å². The third-order valence-corrected chi connectivity index (χ3v) is 6.13. The average molecular weight is 452 g/mol. The van der Waals surface area contributed by atoms with E-state index in [4.69, 9.17) is 14.5 Å². The minimum absolute atomic E-state index is 0.213. The largest absolute Gasteiger partial charge is 0.454 e. The van der Waals surface area contributed by atoms with Gasteiger partial charge >= 0.3 is 0 Å². The van der Waals surface area contributed by atoms with E-state index in [1.165, 1.54) is 5.56 Å². The summed E-state index contributed by atoms with van der Waals surface area (Å²) in [7, 11) is 0. The monoisotopic (exact) mass is 451 g/mol. The number of amides is 1. The molecule has 0 aliphatic carbocycles. The highest BCUT2D eigenvalue weighted by molar-refractivity contribution is 6.07. The van der Waals surface area contributed by atoms with Gasteiger partial charge in [-0.15, -0.1) is 0 Å². The Bertz CT molecular complexity index is 1380. The van der Waals surface area contributed by atoms with Gasteiger partial charge in [0.1, 0.15) is 0 Å². The molecule has 1 atom stereocenters. The first-order valence-electron chi connectivity index (χ1n) is 11.4. The van der Waals surface area contributed by atoms with Gasteiger partial charge in [-0.1, -0.05) is 56.3 Å². The van der Waals surface area contributed by atoms with Crippen LogP contribution in [0, 0.1) is 0 Å². The lowest BCUT2D eigenvalue weighted by Gasteiger charge is -2.11. The Morgan fingerprint density at radius 1 is 1.06 bits per heavy atom. The van der Waals surface area contributed by atoms with Crippen molar-refractivity contribution < 1.29 is 14.3 Å². The van der Waals surface area contributed by atoms with Gasteiger partial charge in [0.05, 0.1) is 23.0 Å². The number of hydrogen-bond donors (Lipinski definition) is 1. The van der Waals surface area contributed by atoms with Crippen LogP contribution in [0.5, 0.6) is 11.5 Å². The van der Waals surface area contributed by atoms with E-state index in [0.29, 0.717) is 23.0 Å². The molecule has 6 heteroatoms. The minimum atomic E-state index is -0.298.